The van der Waals surface area contributed by atoms with E-state index < -0.39 is 0 Å². The molecular weight excluding hydrogens is 310 g/mol. The van der Waals surface area contributed by atoms with Crippen LogP contribution in [0.15, 0.2) is 54.6 Å². The van der Waals surface area contributed by atoms with Gasteiger partial charge in [0.2, 0.25) is 0 Å². The van der Waals surface area contributed by atoms with Gasteiger partial charge in [0.15, 0.2) is 0 Å². The van der Waals surface area contributed by atoms with Crippen molar-refractivity contribution in [1.29, 1.82) is 0 Å². The van der Waals surface area contributed by atoms with Crippen molar-refractivity contribution in [3.63, 3.8) is 0 Å². The first-order valence-corrected chi connectivity index (χ1v) is 9.25. The predicted octanol–water partition coefficient (Wildman–Crippen LogP) is 4.11. The Labute approximate surface area is 151 Å². The van der Waals surface area contributed by atoms with Gasteiger partial charge in [0.05, 0.1) is 19.8 Å². The third-order valence-electron chi connectivity index (χ3n) is 5.06. The molecule has 1 heterocycles. The molecule has 0 aromatic heterocycles. The van der Waals surface area contributed by atoms with E-state index in [-0.39, 0.29) is 5.41 Å². The lowest BCUT2D eigenvalue weighted by atomic mass is 9.78. The Morgan fingerprint density at radius 3 is 2.24 bits per heavy atom. The highest BCUT2D eigenvalue weighted by atomic mass is 16.5. The molecule has 25 heavy (non-hydrogen) atoms. The van der Waals surface area contributed by atoms with Gasteiger partial charge in [-0.25, -0.2) is 0 Å². The Hall–Kier alpha value is -1.84. The second kappa shape index (κ2) is 8.50. The lowest BCUT2D eigenvalue weighted by molar-refractivity contribution is 0.0358. The molecule has 0 bridgehead atoms. The van der Waals surface area contributed by atoms with Crippen LogP contribution in [-0.4, -0.2) is 44.4 Å². The summed E-state index contributed by atoms with van der Waals surface area (Å²) in [6, 6.07) is 19.2. The first kappa shape index (κ1) is 18.0. The zero-order chi connectivity index (χ0) is 17.5. The molecule has 1 aliphatic heterocycles. The highest BCUT2D eigenvalue weighted by Crippen LogP contribution is 2.32. The molecule has 3 nitrogen and oxygen atoms in total. The average molecular weight is 339 g/mol. The summed E-state index contributed by atoms with van der Waals surface area (Å²) in [5.74, 6) is 0.953. The molecule has 0 atom stereocenters. The van der Waals surface area contributed by atoms with Crippen LogP contribution in [0.3, 0.4) is 0 Å². The topological polar surface area (TPSA) is 21.7 Å². The number of benzene rings is 2. The van der Waals surface area contributed by atoms with Crippen molar-refractivity contribution in [3.8, 4) is 5.75 Å². The van der Waals surface area contributed by atoms with Crippen LogP contribution in [0.2, 0.25) is 0 Å². The summed E-state index contributed by atoms with van der Waals surface area (Å²) in [6.07, 6.45) is 1.05. The summed E-state index contributed by atoms with van der Waals surface area (Å²) < 4.78 is 11.3. The van der Waals surface area contributed by atoms with E-state index in [0.29, 0.717) is 0 Å². The van der Waals surface area contributed by atoms with Crippen LogP contribution in [0.25, 0.3) is 0 Å². The zero-order valence-electron chi connectivity index (χ0n) is 15.4. The smallest absolute Gasteiger partial charge is 0.119 e. The van der Waals surface area contributed by atoms with Crippen molar-refractivity contribution in [1.82, 2.24) is 4.90 Å². The molecule has 3 rings (SSSR count). The van der Waals surface area contributed by atoms with E-state index in [4.69, 9.17) is 9.47 Å². The normalized spacial score (nSPS) is 15.9. The minimum absolute atomic E-state index is 0.00385. The molecule has 2 aromatic rings. The summed E-state index contributed by atoms with van der Waals surface area (Å²) in [5.41, 5.74) is 2.63. The lowest BCUT2D eigenvalue weighted by Gasteiger charge is -2.27. The molecule has 0 radical (unpaired) electrons. The van der Waals surface area contributed by atoms with Gasteiger partial charge >= 0.3 is 0 Å². The molecule has 0 spiro atoms. The van der Waals surface area contributed by atoms with Crippen LogP contribution in [0, 0.1) is 0 Å². The monoisotopic (exact) mass is 339 g/mol. The van der Waals surface area contributed by atoms with Gasteiger partial charge in [-0.05, 0) is 29.7 Å². The minimum atomic E-state index is -0.00385. The van der Waals surface area contributed by atoms with Crippen molar-refractivity contribution in [2.45, 2.75) is 25.7 Å². The van der Waals surface area contributed by atoms with Gasteiger partial charge in [-0.1, -0.05) is 56.3 Å². The molecular formula is C22H29NO2. The SMILES string of the molecule is CC(C)(c1ccccc1)c1ccc(OCCCN2CCOCC2)cc1. The van der Waals surface area contributed by atoms with Crippen molar-refractivity contribution < 1.29 is 9.47 Å². The number of rotatable bonds is 7. The third kappa shape index (κ3) is 4.83. The Bertz CT molecular complexity index is 631. The number of morpholine rings is 1. The number of hydrogen-bond acceptors (Lipinski definition) is 3. The van der Waals surface area contributed by atoms with E-state index in [1.807, 2.05) is 0 Å². The van der Waals surface area contributed by atoms with Gasteiger partial charge in [0.1, 0.15) is 5.75 Å². The van der Waals surface area contributed by atoms with Crippen molar-refractivity contribution >= 4 is 0 Å². The largest absolute Gasteiger partial charge is 0.494 e. The highest BCUT2D eigenvalue weighted by Gasteiger charge is 2.22. The fourth-order valence-corrected chi connectivity index (χ4v) is 3.29. The van der Waals surface area contributed by atoms with Gasteiger partial charge in [0.25, 0.3) is 0 Å². The number of nitrogens with zero attached hydrogens (tertiary/aromatic N) is 1. The minimum Gasteiger partial charge on any atom is -0.494 e. The molecule has 0 amide bonds. The van der Waals surface area contributed by atoms with E-state index in [2.05, 4.69) is 73.3 Å². The van der Waals surface area contributed by atoms with Crippen LogP contribution in [0.4, 0.5) is 0 Å². The molecule has 1 aliphatic rings. The van der Waals surface area contributed by atoms with E-state index in [1.54, 1.807) is 0 Å². The quantitative estimate of drug-likeness (QED) is 0.709. The number of hydrogen-bond donors (Lipinski definition) is 0. The summed E-state index contributed by atoms with van der Waals surface area (Å²) in [4.78, 5) is 2.44. The molecule has 0 aliphatic carbocycles. The fourth-order valence-electron chi connectivity index (χ4n) is 3.29. The van der Waals surface area contributed by atoms with E-state index >= 15 is 0 Å². The van der Waals surface area contributed by atoms with Crippen LogP contribution >= 0.6 is 0 Å². The Morgan fingerprint density at radius 2 is 1.56 bits per heavy atom. The van der Waals surface area contributed by atoms with Gasteiger partial charge in [-0.15, -0.1) is 0 Å². The second-order valence-electron chi connectivity index (χ2n) is 7.17. The molecule has 1 fully saturated rings. The summed E-state index contributed by atoms with van der Waals surface area (Å²) >= 11 is 0. The molecule has 1 saturated heterocycles. The summed E-state index contributed by atoms with van der Waals surface area (Å²) in [5, 5.41) is 0. The molecule has 134 valence electrons. The van der Waals surface area contributed by atoms with Crippen LogP contribution in [0.1, 0.15) is 31.4 Å². The molecule has 0 N–H and O–H groups in total. The van der Waals surface area contributed by atoms with Crippen LogP contribution in [0.5, 0.6) is 5.75 Å². The van der Waals surface area contributed by atoms with E-state index in [1.165, 1.54) is 11.1 Å². The zero-order valence-corrected chi connectivity index (χ0v) is 15.4. The maximum Gasteiger partial charge on any atom is 0.119 e. The molecule has 0 unspecified atom stereocenters. The average Bonchev–Trinajstić information content (AvgIpc) is 2.67. The Kier molecular flexibility index (Phi) is 6.11. The maximum atomic E-state index is 5.91. The first-order valence-electron chi connectivity index (χ1n) is 9.25. The highest BCUT2D eigenvalue weighted by molar-refractivity contribution is 5.39. The van der Waals surface area contributed by atoms with Crippen molar-refractivity contribution in [3.05, 3.63) is 65.7 Å². The molecule has 2 aromatic carbocycles. The van der Waals surface area contributed by atoms with Gasteiger partial charge in [-0.3, -0.25) is 4.90 Å². The Morgan fingerprint density at radius 1 is 0.920 bits per heavy atom. The molecule has 3 heteroatoms. The second-order valence-corrected chi connectivity index (χ2v) is 7.17. The van der Waals surface area contributed by atoms with Crippen LogP contribution < -0.4 is 4.74 Å². The van der Waals surface area contributed by atoms with E-state index in [9.17, 15) is 0 Å². The van der Waals surface area contributed by atoms with Crippen molar-refractivity contribution in [2.24, 2.45) is 0 Å². The van der Waals surface area contributed by atoms with Gasteiger partial charge in [0, 0.05) is 25.0 Å². The fraction of sp³-hybridized carbons (Fsp3) is 0.455. The standard InChI is InChI=1S/C22H29NO2/c1-22(2,19-7-4-3-5-8-19)20-9-11-21(12-10-20)25-16-6-13-23-14-17-24-18-15-23/h3-5,7-12H,6,13-18H2,1-2H3. The molecule has 0 saturated carbocycles. The lowest BCUT2D eigenvalue weighted by Crippen LogP contribution is -2.37. The first-order chi connectivity index (χ1) is 12.2. The summed E-state index contributed by atoms with van der Waals surface area (Å²) in [7, 11) is 0. The van der Waals surface area contributed by atoms with Crippen molar-refractivity contribution in [2.75, 3.05) is 39.5 Å². The van der Waals surface area contributed by atoms with E-state index in [0.717, 1.165) is 51.6 Å². The van der Waals surface area contributed by atoms with Gasteiger partial charge < -0.3 is 9.47 Å². The van der Waals surface area contributed by atoms with Crippen LogP contribution in [-0.2, 0) is 10.2 Å². The summed E-state index contributed by atoms with van der Waals surface area (Å²) in [6.45, 7) is 10.2. The third-order valence-corrected chi connectivity index (χ3v) is 5.06. The van der Waals surface area contributed by atoms with Gasteiger partial charge in [-0.2, -0.15) is 0 Å². The maximum absolute atomic E-state index is 5.91. The predicted molar refractivity (Wildman–Crippen MR) is 102 cm³/mol. The Balaban J connectivity index is 1.50. The number of ether oxygens (including phenoxy) is 2.